The van der Waals surface area contributed by atoms with E-state index in [0.29, 0.717) is 5.89 Å². The van der Waals surface area contributed by atoms with Crippen molar-refractivity contribution in [2.45, 2.75) is 19.9 Å². The fourth-order valence-electron chi connectivity index (χ4n) is 1.24. The highest BCUT2D eigenvalue weighted by Gasteiger charge is 2.09. The van der Waals surface area contributed by atoms with Crippen LogP contribution in [-0.2, 0) is 13.0 Å². The second-order valence-electron chi connectivity index (χ2n) is 3.23. The summed E-state index contributed by atoms with van der Waals surface area (Å²) in [7, 11) is 0. The van der Waals surface area contributed by atoms with Crippen molar-refractivity contribution in [1.82, 2.24) is 10.3 Å². The Morgan fingerprint density at radius 1 is 1.56 bits per heavy atom. The van der Waals surface area contributed by atoms with Crippen LogP contribution < -0.4 is 5.32 Å². The Hall–Kier alpha value is -2.04. The zero-order valence-corrected chi connectivity index (χ0v) is 8.90. The third-order valence-corrected chi connectivity index (χ3v) is 2.10. The maximum Gasteiger partial charge on any atom is 0.287 e. The van der Waals surface area contributed by atoms with Crippen molar-refractivity contribution >= 4 is 5.91 Å². The smallest absolute Gasteiger partial charge is 0.287 e. The molecule has 2 heterocycles. The van der Waals surface area contributed by atoms with Gasteiger partial charge in [-0.2, -0.15) is 0 Å². The van der Waals surface area contributed by atoms with Crippen molar-refractivity contribution in [3.05, 3.63) is 42.0 Å². The van der Waals surface area contributed by atoms with E-state index in [9.17, 15) is 4.79 Å². The Labute approximate surface area is 92.5 Å². The highest BCUT2D eigenvalue weighted by atomic mass is 16.4. The summed E-state index contributed by atoms with van der Waals surface area (Å²) in [6, 6.07) is 3.26. The van der Waals surface area contributed by atoms with Crippen molar-refractivity contribution in [3.63, 3.8) is 0 Å². The first-order chi connectivity index (χ1) is 7.79. The fourth-order valence-corrected chi connectivity index (χ4v) is 1.24. The van der Waals surface area contributed by atoms with Crippen molar-refractivity contribution in [2.24, 2.45) is 0 Å². The van der Waals surface area contributed by atoms with Gasteiger partial charge in [0.15, 0.2) is 5.76 Å². The monoisotopic (exact) mass is 220 g/mol. The topological polar surface area (TPSA) is 68.3 Å². The van der Waals surface area contributed by atoms with Crippen LogP contribution in [0.25, 0.3) is 0 Å². The molecule has 0 atom stereocenters. The van der Waals surface area contributed by atoms with E-state index < -0.39 is 0 Å². The number of carbonyl (C=O) groups is 1. The first-order valence-corrected chi connectivity index (χ1v) is 5.05. The van der Waals surface area contributed by atoms with Crippen LogP contribution in [0, 0.1) is 0 Å². The maximum absolute atomic E-state index is 11.5. The quantitative estimate of drug-likeness (QED) is 0.852. The van der Waals surface area contributed by atoms with Crippen molar-refractivity contribution < 1.29 is 13.6 Å². The second kappa shape index (κ2) is 4.65. The number of nitrogens with zero attached hydrogens (tertiary/aromatic N) is 1. The number of carbonyl (C=O) groups excluding carboxylic acids is 1. The van der Waals surface area contributed by atoms with Gasteiger partial charge in [0, 0.05) is 6.42 Å². The van der Waals surface area contributed by atoms with Gasteiger partial charge in [0.1, 0.15) is 5.76 Å². The predicted octanol–water partition coefficient (Wildman–Crippen LogP) is 1.76. The molecule has 0 spiro atoms. The summed E-state index contributed by atoms with van der Waals surface area (Å²) >= 11 is 0. The minimum atomic E-state index is -0.277. The summed E-state index contributed by atoms with van der Waals surface area (Å²) < 4.78 is 10.3. The molecule has 1 N–H and O–H groups in total. The van der Waals surface area contributed by atoms with E-state index in [1.807, 2.05) is 6.92 Å². The molecule has 0 saturated heterocycles. The zero-order valence-electron chi connectivity index (χ0n) is 8.90. The summed E-state index contributed by atoms with van der Waals surface area (Å²) in [5, 5.41) is 2.65. The van der Waals surface area contributed by atoms with Gasteiger partial charge in [0.25, 0.3) is 5.91 Å². The molecule has 0 aliphatic heterocycles. The molecule has 0 radical (unpaired) electrons. The third kappa shape index (κ3) is 2.31. The number of aromatic nitrogens is 1. The normalized spacial score (nSPS) is 10.3. The standard InChI is InChI=1S/C11H12N2O3/c1-2-8-6-12-10(16-8)7-13-11(14)9-4-3-5-15-9/h3-6H,2,7H2,1H3,(H,13,14). The first-order valence-electron chi connectivity index (χ1n) is 5.05. The maximum atomic E-state index is 11.5. The molecule has 2 rings (SSSR count). The van der Waals surface area contributed by atoms with Crippen LogP contribution in [-0.4, -0.2) is 10.9 Å². The second-order valence-corrected chi connectivity index (χ2v) is 3.23. The number of rotatable bonds is 4. The first kappa shape index (κ1) is 10.5. The summed E-state index contributed by atoms with van der Waals surface area (Å²) in [6.07, 6.45) is 3.91. The Bertz CT molecular complexity index is 459. The average molecular weight is 220 g/mol. The van der Waals surface area contributed by atoms with Gasteiger partial charge in [-0.05, 0) is 12.1 Å². The van der Waals surface area contributed by atoms with Gasteiger partial charge in [0.2, 0.25) is 5.89 Å². The summed E-state index contributed by atoms with van der Waals surface area (Å²) in [4.78, 5) is 15.5. The van der Waals surface area contributed by atoms with E-state index in [0.717, 1.165) is 12.2 Å². The van der Waals surface area contributed by atoms with Crippen LogP contribution >= 0.6 is 0 Å². The van der Waals surface area contributed by atoms with E-state index in [1.165, 1.54) is 6.26 Å². The number of oxazole rings is 1. The number of amides is 1. The van der Waals surface area contributed by atoms with Gasteiger partial charge in [-0.15, -0.1) is 0 Å². The Morgan fingerprint density at radius 3 is 3.06 bits per heavy atom. The number of hydrogen-bond acceptors (Lipinski definition) is 4. The molecule has 5 heteroatoms. The highest BCUT2D eigenvalue weighted by molar-refractivity contribution is 5.91. The van der Waals surface area contributed by atoms with E-state index in [-0.39, 0.29) is 18.2 Å². The van der Waals surface area contributed by atoms with Crippen LogP contribution in [0.1, 0.15) is 29.1 Å². The number of aryl methyl sites for hydroxylation is 1. The summed E-state index contributed by atoms with van der Waals surface area (Å²) in [6.45, 7) is 2.24. The number of furan rings is 1. The van der Waals surface area contributed by atoms with Crippen LogP contribution in [0.3, 0.4) is 0 Å². The molecule has 0 unspecified atom stereocenters. The lowest BCUT2D eigenvalue weighted by atomic mass is 10.4. The third-order valence-electron chi connectivity index (χ3n) is 2.10. The summed E-state index contributed by atoms with van der Waals surface area (Å²) in [5.74, 6) is 1.31. The minimum absolute atomic E-state index is 0.263. The predicted molar refractivity (Wildman–Crippen MR) is 55.8 cm³/mol. The van der Waals surface area contributed by atoms with Gasteiger partial charge in [-0.25, -0.2) is 4.98 Å². The van der Waals surface area contributed by atoms with Gasteiger partial charge >= 0.3 is 0 Å². The molecule has 2 aromatic rings. The highest BCUT2D eigenvalue weighted by Crippen LogP contribution is 2.04. The molecular formula is C11H12N2O3. The van der Waals surface area contributed by atoms with E-state index in [2.05, 4.69) is 10.3 Å². The zero-order chi connectivity index (χ0) is 11.4. The molecule has 0 aromatic carbocycles. The Kier molecular flexibility index (Phi) is 3.05. The molecular weight excluding hydrogens is 208 g/mol. The van der Waals surface area contributed by atoms with Crippen LogP contribution in [0.15, 0.2) is 33.4 Å². The number of nitrogens with one attached hydrogen (secondary N) is 1. The fraction of sp³-hybridized carbons (Fsp3) is 0.273. The number of hydrogen-bond donors (Lipinski definition) is 1. The molecule has 2 aromatic heterocycles. The Balaban J connectivity index is 1.90. The molecule has 0 aliphatic carbocycles. The molecule has 0 saturated carbocycles. The lowest BCUT2D eigenvalue weighted by Crippen LogP contribution is -2.22. The van der Waals surface area contributed by atoms with Gasteiger partial charge in [0.05, 0.1) is 19.0 Å². The Morgan fingerprint density at radius 2 is 2.44 bits per heavy atom. The van der Waals surface area contributed by atoms with Crippen LogP contribution in [0.2, 0.25) is 0 Å². The minimum Gasteiger partial charge on any atom is -0.459 e. The molecule has 5 nitrogen and oxygen atoms in total. The van der Waals surface area contributed by atoms with Crippen molar-refractivity contribution in [2.75, 3.05) is 0 Å². The molecule has 0 bridgehead atoms. The van der Waals surface area contributed by atoms with Crippen molar-refractivity contribution in [1.29, 1.82) is 0 Å². The van der Waals surface area contributed by atoms with Gasteiger partial charge in [-0.1, -0.05) is 6.92 Å². The van der Waals surface area contributed by atoms with Gasteiger partial charge < -0.3 is 14.2 Å². The van der Waals surface area contributed by atoms with Gasteiger partial charge in [-0.3, -0.25) is 4.79 Å². The lowest BCUT2D eigenvalue weighted by molar-refractivity contribution is 0.0919. The van der Waals surface area contributed by atoms with E-state index in [4.69, 9.17) is 8.83 Å². The largest absolute Gasteiger partial charge is 0.459 e. The van der Waals surface area contributed by atoms with Crippen LogP contribution in [0.4, 0.5) is 0 Å². The SMILES string of the molecule is CCc1cnc(CNC(=O)c2ccco2)o1. The molecule has 0 aliphatic rings. The van der Waals surface area contributed by atoms with E-state index in [1.54, 1.807) is 18.3 Å². The lowest BCUT2D eigenvalue weighted by Gasteiger charge is -1.98. The van der Waals surface area contributed by atoms with Crippen molar-refractivity contribution in [3.8, 4) is 0 Å². The molecule has 1 amide bonds. The molecule has 84 valence electrons. The molecule has 16 heavy (non-hydrogen) atoms. The summed E-state index contributed by atoms with van der Waals surface area (Å²) in [5.41, 5.74) is 0. The van der Waals surface area contributed by atoms with Crippen LogP contribution in [0.5, 0.6) is 0 Å². The van der Waals surface area contributed by atoms with E-state index >= 15 is 0 Å². The average Bonchev–Trinajstić information content (AvgIpc) is 2.96. The molecule has 0 fully saturated rings.